The fourth-order valence-corrected chi connectivity index (χ4v) is 3.68. The van der Waals surface area contributed by atoms with Crippen LogP contribution in [0.15, 0.2) is 59.5 Å². The lowest BCUT2D eigenvalue weighted by atomic mass is 9.98. The topological polar surface area (TPSA) is 0 Å². The quantitative estimate of drug-likeness (QED) is 0.395. The van der Waals surface area contributed by atoms with Crippen LogP contribution in [0, 0.1) is 13.8 Å². The summed E-state index contributed by atoms with van der Waals surface area (Å²) in [5, 5.41) is 0. The maximum absolute atomic E-state index is 5.21. The van der Waals surface area contributed by atoms with E-state index < -0.39 is 0 Å². The van der Waals surface area contributed by atoms with Gasteiger partial charge < -0.3 is 0 Å². The Morgan fingerprint density at radius 3 is 2.28 bits per heavy atom. The van der Waals surface area contributed by atoms with Crippen LogP contribution in [0.25, 0.3) is 6.08 Å². The van der Waals surface area contributed by atoms with Gasteiger partial charge in [0, 0.05) is 9.10 Å². The van der Waals surface area contributed by atoms with Gasteiger partial charge in [-0.25, -0.2) is 0 Å². The van der Waals surface area contributed by atoms with Gasteiger partial charge in [-0.2, -0.15) is 0 Å². The van der Waals surface area contributed by atoms with Crippen molar-refractivity contribution >= 4 is 34.3 Å². The van der Waals surface area contributed by atoms with Crippen molar-refractivity contribution in [2.75, 3.05) is 0 Å². The Labute approximate surface area is 162 Å². The zero-order valence-corrected chi connectivity index (χ0v) is 17.2. The molecular weight excluding hydrogens is 340 g/mol. The second-order valence-electron chi connectivity index (χ2n) is 6.55. The van der Waals surface area contributed by atoms with E-state index in [1.165, 1.54) is 27.8 Å². The van der Waals surface area contributed by atoms with E-state index in [1.807, 2.05) is 13.8 Å². The van der Waals surface area contributed by atoms with E-state index in [-0.39, 0.29) is 0 Å². The van der Waals surface area contributed by atoms with Crippen LogP contribution in [0.3, 0.4) is 0 Å². The van der Waals surface area contributed by atoms with Crippen LogP contribution in [0.5, 0.6) is 0 Å². The highest BCUT2D eigenvalue weighted by Gasteiger charge is 2.03. The number of thiocarbonyl (C=S) groups is 1. The molecule has 0 aliphatic carbocycles. The summed E-state index contributed by atoms with van der Waals surface area (Å²) in [6.45, 7) is 12.4. The molecule has 0 aliphatic rings. The summed E-state index contributed by atoms with van der Waals surface area (Å²) in [6.07, 6.45) is 4.31. The van der Waals surface area contributed by atoms with Gasteiger partial charge in [0.1, 0.15) is 0 Å². The minimum atomic E-state index is 0.916. The van der Waals surface area contributed by atoms with Gasteiger partial charge in [0.05, 0.1) is 0 Å². The summed E-state index contributed by atoms with van der Waals surface area (Å²) < 4.78 is 0.916. The van der Waals surface area contributed by atoms with E-state index in [0.717, 1.165) is 27.5 Å². The van der Waals surface area contributed by atoms with Gasteiger partial charge in [0.15, 0.2) is 0 Å². The third kappa shape index (κ3) is 6.30. The second-order valence-corrected chi connectivity index (χ2v) is 8.68. The minimum Gasteiger partial charge on any atom is -0.0950 e. The van der Waals surface area contributed by atoms with Crippen molar-refractivity contribution in [1.29, 1.82) is 0 Å². The average Bonchev–Trinajstić information content (AvgIpc) is 2.54. The van der Waals surface area contributed by atoms with Crippen molar-refractivity contribution in [3.05, 3.63) is 87.3 Å². The third-order valence-electron chi connectivity index (χ3n) is 4.13. The minimum absolute atomic E-state index is 0.916. The van der Waals surface area contributed by atoms with Gasteiger partial charge in [-0.1, -0.05) is 78.6 Å². The summed E-state index contributed by atoms with van der Waals surface area (Å²) in [5.41, 5.74) is 7.76. The van der Waals surface area contributed by atoms with Crippen LogP contribution in [0.1, 0.15) is 41.7 Å². The van der Waals surface area contributed by atoms with Gasteiger partial charge >= 0.3 is 0 Å². The molecule has 0 bridgehead atoms. The van der Waals surface area contributed by atoms with Crippen molar-refractivity contribution in [3.63, 3.8) is 0 Å². The molecular formula is C23H26S2. The monoisotopic (exact) mass is 366 g/mol. The highest BCUT2D eigenvalue weighted by Crippen LogP contribution is 2.27. The van der Waals surface area contributed by atoms with Crippen molar-refractivity contribution < 1.29 is 0 Å². The average molecular weight is 367 g/mol. The predicted molar refractivity (Wildman–Crippen MR) is 118 cm³/mol. The molecule has 25 heavy (non-hydrogen) atoms. The molecule has 0 fully saturated rings. The van der Waals surface area contributed by atoms with Crippen LogP contribution >= 0.6 is 24.0 Å². The lowest BCUT2D eigenvalue weighted by molar-refractivity contribution is 0.947. The van der Waals surface area contributed by atoms with Crippen molar-refractivity contribution in [2.45, 2.75) is 40.5 Å². The molecule has 2 heteroatoms. The molecule has 0 amide bonds. The van der Waals surface area contributed by atoms with Crippen LogP contribution in [0.4, 0.5) is 0 Å². The smallest absolute Gasteiger partial charge is 0.0496 e. The number of hydrogen-bond donors (Lipinski definition) is 0. The van der Waals surface area contributed by atoms with Crippen LogP contribution < -0.4 is 0 Å². The molecule has 0 unspecified atom stereocenters. The molecule has 0 spiro atoms. The molecule has 0 atom stereocenters. The van der Waals surface area contributed by atoms with Crippen LogP contribution in [0.2, 0.25) is 0 Å². The first-order chi connectivity index (χ1) is 11.8. The first-order valence-electron chi connectivity index (χ1n) is 8.56. The molecule has 130 valence electrons. The number of benzene rings is 2. The molecule has 0 aliphatic heterocycles. The molecule has 2 rings (SSSR count). The largest absolute Gasteiger partial charge is 0.0950 e. The standard InChI is InChI=1S/C23H26S2/c1-16(2)23(25-19(5)24)15-21-9-7-20(8-10-21)11-13-22-12-6-17(3)14-18(22)4/h6-10,12,14-15H,1,11,13H2,2-5H3/b23-15-. The second kappa shape index (κ2) is 9.17. The van der Waals surface area contributed by atoms with Crippen LogP contribution in [-0.2, 0) is 12.8 Å². The van der Waals surface area contributed by atoms with E-state index in [2.05, 4.69) is 69.0 Å². The Morgan fingerprint density at radius 1 is 1.04 bits per heavy atom. The molecule has 2 aromatic carbocycles. The molecule has 0 saturated carbocycles. The number of aryl methyl sites for hydroxylation is 4. The van der Waals surface area contributed by atoms with Gasteiger partial charge in [-0.3, -0.25) is 0 Å². The zero-order chi connectivity index (χ0) is 18.4. The highest BCUT2D eigenvalue weighted by molar-refractivity contribution is 8.25. The Kier molecular flexibility index (Phi) is 7.22. The van der Waals surface area contributed by atoms with Gasteiger partial charge in [0.2, 0.25) is 0 Å². The molecule has 0 N–H and O–H groups in total. The molecule has 0 aromatic heterocycles. The Morgan fingerprint density at radius 2 is 1.72 bits per heavy atom. The fourth-order valence-electron chi connectivity index (χ4n) is 2.73. The Balaban J connectivity index is 2.06. The normalized spacial score (nSPS) is 11.4. The number of rotatable bonds is 6. The summed E-state index contributed by atoms with van der Waals surface area (Å²) in [5.74, 6) is 0. The molecule has 0 saturated heterocycles. The Hall–Kier alpha value is -1.64. The first kappa shape index (κ1) is 19.7. The SMILES string of the molecule is C=C(C)/C(=C/c1ccc(CCc2ccc(C)cc2C)cc1)SC(C)=S. The maximum Gasteiger partial charge on any atom is 0.0496 e. The summed E-state index contributed by atoms with van der Waals surface area (Å²) in [4.78, 5) is 1.13. The molecule has 0 radical (unpaired) electrons. The van der Waals surface area contributed by atoms with E-state index in [9.17, 15) is 0 Å². The van der Waals surface area contributed by atoms with E-state index in [1.54, 1.807) is 11.8 Å². The third-order valence-corrected chi connectivity index (χ3v) is 5.36. The zero-order valence-electron chi connectivity index (χ0n) is 15.6. The lowest BCUT2D eigenvalue weighted by Crippen LogP contribution is -1.95. The van der Waals surface area contributed by atoms with Gasteiger partial charge in [-0.05, 0) is 74.4 Å². The molecule has 2 aromatic rings. The summed E-state index contributed by atoms with van der Waals surface area (Å²) >= 11 is 6.82. The first-order valence-corrected chi connectivity index (χ1v) is 9.78. The summed E-state index contributed by atoms with van der Waals surface area (Å²) in [7, 11) is 0. The number of allylic oxidation sites excluding steroid dienone is 1. The van der Waals surface area contributed by atoms with E-state index in [0.29, 0.717) is 0 Å². The maximum atomic E-state index is 5.21. The molecule has 0 heterocycles. The van der Waals surface area contributed by atoms with Crippen molar-refractivity contribution in [3.8, 4) is 0 Å². The fraction of sp³-hybridized carbons (Fsp3) is 0.261. The Bertz CT molecular complexity index is 795. The number of hydrogen-bond acceptors (Lipinski definition) is 2. The van der Waals surface area contributed by atoms with Crippen LogP contribution in [-0.4, -0.2) is 4.20 Å². The van der Waals surface area contributed by atoms with E-state index in [4.69, 9.17) is 12.2 Å². The number of thioether (sulfide) groups is 1. The lowest BCUT2D eigenvalue weighted by Gasteiger charge is -2.08. The van der Waals surface area contributed by atoms with Crippen molar-refractivity contribution in [1.82, 2.24) is 0 Å². The predicted octanol–water partition coefficient (Wildman–Crippen LogP) is 7.09. The molecule has 0 nitrogen and oxygen atoms in total. The summed E-state index contributed by atoms with van der Waals surface area (Å²) in [6, 6.07) is 15.5. The van der Waals surface area contributed by atoms with E-state index >= 15 is 0 Å². The van der Waals surface area contributed by atoms with Crippen molar-refractivity contribution in [2.24, 2.45) is 0 Å². The van der Waals surface area contributed by atoms with Gasteiger partial charge in [0.25, 0.3) is 0 Å². The van der Waals surface area contributed by atoms with Gasteiger partial charge in [-0.15, -0.1) is 0 Å². The highest BCUT2D eigenvalue weighted by atomic mass is 32.2.